The molecule has 4 rings (SSSR count). The molecule has 0 aliphatic rings. The first-order chi connectivity index (χ1) is 11.4. The van der Waals surface area contributed by atoms with Gasteiger partial charge in [0.25, 0.3) is 0 Å². The Kier molecular flexibility index (Phi) is 3.64. The van der Waals surface area contributed by atoms with E-state index in [1.807, 2.05) is 12.1 Å². The van der Waals surface area contributed by atoms with Crippen LogP contribution in [0.15, 0.2) is 83.8 Å². The molecular weight excluding hydrogens is 300 g/mol. The Morgan fingerprint density at radius 3 is 2.30 bits per heavy atom. The van der Waals surface area contributed by atoms with E-state index in [1.165, 1.54) is 10.5 Å². The molecule has 0 saturated carbocycles. The van der Waals surface area contributed by atoms with Crippen molar-refractivity contribution in [2.45, 2.75) is 4.90 Å². The van der Waals surface area contributed by atoms with Crippen molar-refractivity contribution >= 4 is 22.8 Å². The highest BCUT2D eigenvalue weighted by atomic mass is 32.2. The molecule has 2 nitrogen and oxygen atoms in total. The number of hydrogen-bond acceptors (Lipinski definition) is 2. The van der Waals surface area contributed by atoms with E-state index in [4.69, 9.17) is 4.98 Å². The second-order valence-electron chi connectivity index (χ2n) is 5.30. The lowest BCUT2D eigenvalue weighted by molar-refractivity contribution is 1.09. The first-order valence-electron chi connectivity index (χ1n) is 7.55. The molecule has 0 spiro atoms. The molecule has 1 aromatic heterocycles. The van der Waals surface area contributed by atoms with Crippen molar-refractivity contribution in [3.05, 3.63) is 78.9 Å². The van der Waals surface area contributed by atoms with Crippen LogP contribution in [0.4, 0.5) is 0 Å². The number of fused-ring (bicyclic) bond motifs is 1. The number of hydrogen-bond donors (Lipinski definition) is 0. The number of rotatable bonds is 3. The minimum Gasteiger partial charge on any atom is -0.292 e. The third kappa shape index (κ3) is 2.43. The normalized spacial score (nSPS) is 11.0. The Balaban J connectivity index is 2.07. The van der Waals surface area contributed by atoms with Gasteiger partial charge in [-0.25, -0.2) is 4.98 Å². The molecule has 0 amide bonds. The molecule has 0 saturated heterocycles. The topological polar surface area (TPSA) is 17.8 Å². The molecule has 112 valence electrons. The third-order valence-corrected chi connectivity index (χ3v) is 4.72. The average molecular weight is 316 g/mol. The summed E-state index contributed by atoms with van der Waals surface area (Å²) in [5.41, 5.74) is 4.44. The standard InChI is InChI=1S/C20H16N2S/c1-23-19-14-8-5-11-16(19)20-21-17-12-6-7-13-18(17)22(20)15-9-3-2-4-10-15/h2-14H,1H3. The van der Waals surface area contributed by atoms with Gasteiger partial charge in [-0.2, -0.15) is 0 Å². The number of aromatic nitrogens is 2. The summed E-state index contributed by atoms with van der Waals surface area (Å²) in [5.74, 6) is 0.988. The fraction of sp³-hybridized carbons (Fsp3) is 0.0500. The van der Waals surface area contributed by atoms with E-state index in [2.05, 4.69) is 77.6 Å². The summed E-state index contributed by atoms with van der Waals surface area (Å²) < 4.78 is 2.24. The SMILES string of the molecule is CSc1ccccc1-c1nc2ccccc2n1-c1ccccc1. The lowest BCUT2D eigenvalue weighted by atomic mass is 10.2. The summed E-state index contributed by atoms with van der Waals surface area (Å²) in [6, 6.07) is 27.2. The van der Waals surface area contributed by atoms with Gasteiger partial charge in [-0.3, -0.25) is 4.57 Å². The van der Waals surface area contributed by atoms with Gasteiger partial charge in [0.2, 0.25) is 0 Å². The smallest absolute Gasteiger partial charge is 0.146 e. The van der Waals surface area contributed by atoms with Gasteiger partial charge in [-0.15, -0.1) is 11.8 Å². The van der Waals surface area contributed by atoms with E-state index in [-0.39, 0.29) is 0 Å². The lowest BCUT2D eigenvalue weighted by Gasteiger charge is -2.11. The van der Waals surface area contributed by atoms with Crippen LogP contribution < -0.4 is 0 Å². The summed E-state index contributed by atoms with van der Waals surface area (Å²) in [4.78, 5) is 6.15. The van der Waals surface area contributed by atoms with Crippen molar-refractivity contribution in [1.29, 1.82) is 0 Å². The summed E-state index contributed by atoms with van der Waals surface area (Å²) in [6.45, 7) is 0. The molecule has 0 aliphatic heterocycles. The van der Waals surface area contributed by atoms with Crippen LogP contribution in [0.3, 0.4) is 0 Å². The Morgan fingerprint density at radius 2 is 1.48 bits per heavy atom. The van der Waals surface area contributed by atoms with E-state index in [1.54, 1.807) is 11.8 Å². The van der Waals surface area contributed by atoms with Gasteiger partial charge < -0.3 is 0 Å². The summed E-state index contributed by atoms with van der Waals surface area (Å²) in [5, 5.41) is 0. The number of para-hydroxylation sites is 3. The van der Waals surface area contributed by atoms with Gasteiger partial charge in [0.15, 0.2) is 0 Å². The Bertz CT molecular complexity index is 958. The quantitative estimate of drug-likeness (QED) is 0.470. The molecule has 0 fully saturated rings. The van der Waals surface area contributed by atoms with Crippen LogP contribution in [0.1, 0.15) is 0 Å². The van der Waals surface area contributed by atoms with Crippen molar-refractivity contribution in [2.24, 2.45) is 0 Å². The van der Waals surface area contributed by atoms with Crippen LogP contribution in [0.25, 0.3) is 28.1 Å². The van der Waals surface area contributed by atoms with Crippen LogP contribution in [0, 0.1) is 0 Å². The van der Waals surface area contributed by atoms with Crippen molar-refractivity contribution in [3.8, 4) is 17.1 Å². The second kappa shape index (κ2) is 5.94. The average Bonchev–Trinajstić information content (AvgIpc) is 3.01. The maximum atomic E-state index is 4.92. The number of nitrogens with zero attached hydrogens (tertiary/aromatic N) is 2. The minimum atomic E-state index is 0.988. The van der Waals surface area contributed by atoms with Crippen LogP contribution in [-0.2, 0) is 0 Å². The summed E-state index contributed by atoms with van der Waals surface area (Å²) >= 11 is 1.75. The highest BCUT2D eigenvalue weighted by Crippen LogP contribution is 2.33. The maximum absolute atomic E-state index is 4.92. The molecule has 0 aliphatic carbocycles. The van der Waals surface area contributed by atoms with Gasteiger partial charge >= 0.3 is 0 Å². The molecule has 3 heteroatoms. The van der Waals surface area contributed by atoms with Gasteiger partial charge in [0.1, 0.15) is 5.82 Å². The van der Waals surface area contributed by atoms with Gasteiger partial charge in [-0.05, 0) is 36.6 Å². The predicted molar refractivity (Wildman–Crippen MR) is 98.3 cm³/mol. The zero-order valence-electron chi connectivity index (χ0n) is 12.8. The second-order valence-corrected chi connectivity index (χ2v) is 6.14. The lowest BCUT2D eigenvalue weighted by Crippen LogP contribution is -1.98. The molecule has 4 aromatic rings. The minimum absolute atomic E-state index is 0.988. The zero-order chi connectivity index (χ0) is 15.6. The molecular formula is C20H16N2S. The van der Waals surface area contributed by atoms with E-state index < -0.39 is 0 Å². The Hall–Kier alpha value is -2.52. The van der Waals surface area contributed by atoms with Crippen LogP contribution in [0.5, 0.6) is 0 Å². The van der Waals surface area contributed by atoms with E-state index in [9.17, 15) is 0 Å². The number of benzene rings is 3. The Morgan fingerprint density at radius 1 is 0.783 bits per heavy atom. The van der Waals surface area contributed by atoms with Crippen LogP contribution >= 0.6 is 11.8 Å². The van der Waals surface area contributed by atoms with Crippen molar-refractivity contribution in [3.63, 3.8) is 0 Å². The third-order valence-electron chi connectivity index (χ3n) is 3.92. The molecule has 0 bridgehead atoms. The molecule has 0 N–H and O–H groups in total. The van der Waals surface area contributed by atoms with E-state index in [0.717, 1.165) is 22.5 Å². The zero-order valence-corrected chi connectivity index (χ0v) is 13.6. The fourth-order valence-corrected chi connectivity index (χ4v) is 3.47. The van der Waals surface area contributed by atoms with Crippen molar-refractivity contribution in [2.75, 3.05) is 6.26 Å². The highest BCUT2D eigenvalue weighted by molar-refractivity contribution is 7.98. The molecule has 0 radical (unpaired) electrons. The predicted octanol–water partition coefficient (Wildman–Crippen LogP) is 5.41. The molecule has 1 heterocycles. The maximum Gasteiger partial charge on any atom is 0.146 e. The molecule has 0 unspecified atom stereocenters. The van der Waals surface area contributed by atoms with Crippen molar-refractivity contribution < 1.29 is 0 Å². The summed E-state index contributed by atoms with van der Waals surface area (Å²) in [7, 11) is 0. The van der Waals surface area contributed by atoms with Gasteiger partial charge in [-0.1, -0.05) is 48.5 Å². The summed E-state index contributed by atoms with van der Waals surface area (Å²) in [6.07, 6.45) is 2.11. The van der Waals surface area contributed by atoms with E-state index in [0.29, 0.717) is 0 Å². The molecule has 23 heavy (non-hydrogen) atoms. The fourth-order valence-electron chi connectivity index (χ4n) is 2.87. The monoisotopic (exact) mass is 316 g/mol. The molecule has 3 aromatic carbocycles. The molecule has 0 atom stereocenters. The van der Waals surface area contributed by atoms with Crippen LogP contribution in [0.2, 0.25) is 0 Å². The van der Waals surface area contributed by atoms with Crippen molar-refractivity contribution in [1.82, 2.24) is 9.55 Å². The van der Waals surface area contributed by atoms with E-state index >= 15 is 0 Å². The van der Waals surface area contributed by atoms with Gasteiger partial charge in [0.05, 0.1) is 11.0 Å². The first kappa shape index (κ1) is 14.1. The number of thioether (sulfide) groups is 1. The highest BCUT2D eigenvalue weighted by Gasteiger charge is 2.15. The van der Waals surface area contributed by atoms with Gasteiger partial charge in [0, 0.05) is 16.1 Å². The van der Waals surface area contributed by atoms with Crippen LogP contribution in [-0.4, -0.2) is 15.8 Å². The largest absolute Gasteiger partial charge is 0.292 e. The Labute approximate surface area is 139 Å². The number of imidazole rings is 1. The first-order valence-corrected chi connectivity index (χ1v) is 8.77.